The molecule has 0 spiro atoms. The highest BCUT2D eigenvalue weighted by molar-refractivity contribution is 9.10. The van der Waals surface area contributed by atoms with E-state index in [1.54, 1.807) is 0 Å². The van der Waals surface area contributed by atoms with Crippen LogP contribution in [0.5, 0.6) is 0 Å². The molecule has 1 rings (SSSR count). The lowest BCUT2D eigenvalue weighted by Gasteiger charge is -2.15. The predicted molar refractivity (Wildman–Crippen MR) is 80.5 cm³/mol. The fourth-order valence-corrected chi connectivity index (χ4v) is 3.12. The molecule has 0 fully saturated rings. The molecule has 7 nitrogen and oxygen atoms in total. The number of hydrogen-bond acceptors (Lipinski definition) is 5. The largest absolute Gasteiger partial charge is 0.382 e. The normalized spacial score (nSPS) is 13.0. The van der Waals surface area contributed by atoms with Gasteiger partial charge in [0.1, 0.15) is 0 Å². The number of carbonyl (C=O) groups is 1. The van der Waals surface area contributed by atoms with Crippen molar-refractivity contribution in [2.45, 2.75) is 11.0 Å². The number of rotatable bonds is 7. The Morgan fingerprint density at radius 3 is 2.62 bits per heavy atom. The molecule has 0 heterocycles. The van der Waals surface area contributed by atoms with Gasteiger partial charge < -0.3 is 14.8 Å². The monoisotopic (exact) mass is 380 g/mol. The number of halogens is 1. The molecule has 21 heavy (non-hydrogen) atoms. The first-order chi connectivity index (χ1) is 9.79. The third-order valence-electron chi connectivity index (χ3n) is 2.68. The van der Waals surface area contributed by atoms with Gasteiger partial charge in [-0.05, 0) is 34.1 Å². The summed E-state index contributed by atoms with van der Waals surface area (Å²) in [5.41, 5.74) is 0.189. The Bertz CT molecular complexity index is 606. The number of sulfonamides is 1. The number of hydrogen-bond donors (Lipinski definition) is 2. The molecule has 0 bridgehead atoms. The fraction of sp³-hybridized carbons (Fsp3) is 0.417. The van der Waals surface area contributed by atoms with Gasteiger partial charge in [-0.15, -0.1) is 0 Å². The van der Waals surface area contributed by atoms with Crippen LogP contribution in [-0.2, 0) is 19.5 Å². The van der Waals surface area contributed by atoms with Gasteiger partial charge in [-0.3, -0.25) is 4.79 Å². The first-order valence-electron chi connectivity index (χ1n) is 5.92. The smallest absolute Gasteiger partial charge is 0.251 e. The van der Waals surface area contributed by atoms with E-state index in [4.69, 9.17) is 14.6 Å². The Morgan fingerprint density at radius 1 is 1.43 bits per heavy atom. The SMILES string of the molecule is COCC(CNC(=O)c1ccc(Br)c(S(N)(=O)=O)c1)OC. The van der Waals surface area contributed by atoms with Crippen molar-refractivity contribution in [3.63, 3.8) is 0 Å². The van der Waals surface area contributed by atoms with Gasteiger partial charge in [0.2, 0.25) is 10.0 Å². The van der Waals surface area contributed by atoms with Crippen LogP contribution in [-0.4, -0.2) is 47.8 Å². The van der Waals surface area contributed by atoms with Gasteiger partial charge in [0.15, 0.2) is 0 Å². The summed E-state index contributed by atoms with van der Waals surface area (Å²) >= 11 is 3.08. The van der Waals surface area contributed by atoms with E-state index in [0.717, 1.165) is 0 Å². The molecule has 0 aliphatic carbocycles. The third kappa shape index (κ3) is 5.36. The van der Waals surface area contributed by atoms with Crippen LogP contribution < -0.4 is 10.5 Å². The Labute approximate surface area is 132 Å². The summed E-state index contributed by atoms with van der Waals surface area (Å²) in [7, 11) is -0.868. The number of primary sulfonamides is 1. The zero-order valence-corrected chi connectivity index (χ0v) is 14.0. The number of amides is 1. The van der Waals surface area contributed by atoms with Crippen molar-refractivity contribution in [1.82, 2.24) is 5.32 Å². The van der Waals surface area contributed by atoms with Crippen molar-refractivity contribution in [2.75, 3.05) is 27.4 Å². The summed E-state index contributed by atoms with van der Waals surface area (Å²) in [5, 5.41) is 7.72. The van der Waals surface area contributed by atoms with E-state index >= 15 is 0 Å². The molecule has 1 aromatic carbocycles. The van der Waals surface area contributed by atoms with Gasteiger partial charge in [-0.25, -0.2) is 13.6 Å². The number of nitrogens with two attached hydrogens (primary N) is 1. The van der Waals surface area contributed by atoms with Crippen molar-refractivity contribution < 1.29 is 22.7 Å². The highest BCUT2D eigenvalue weighted by atomic mass is 79.9. The second kappa shape index (κ2) is 7.85. The third-order valence-corrected chi connectivity index (χ3v) is 4.58. The Hall–Kier alpha value is -1.00. The highest BCUT2D eigenvalue weighted by Crippen LogP contribution is 2.22. The molecule has 118 valence electrons. The molecule has 1 amide bonds. The summed E-state index contributed by atoms with van der Waals surface area (Å²) in [6.07, 6.45) is -0.285. The molecule has 0 aromatic heterocycles. The van der Waals surface area contributed by atoms with Gasteiger partial charge >= 0.3 is 0 Å². The first-order valence-corrected chi connectivity index (χ1v) is 8.25. The van der Waals surface area contributed by atoms with Crippen LogP contribution in [0.1, 0.15) is 10.4 Å². The average molecular weight is 381 g/mol. The molecule has 0 saturated carbocycles. The van der Waals surface area contributed by atoms with Crippen LogP contribution in [0.3, 0.4) is 0 Å². The Morgan fingerprint density at radius 2 is 2.10 bits per heavy atom. The lowest BCUT2D eigenvalue weighted by atomic mass is 10.2. The van der Waals surface area contributed by atoms with Crippen molar-refractivity contribution >= 4 is 31.9 Å². The van der Waals surface area contributed by atoms with E-state index in [9.17, 15) is 13.2 Å². The quantitative estimate of drug-likeness (QED) is 0.715. The van der Waals surface area contributed by atoms with E-state index in [2.05, 4.69) is 21.2 Å². The highest BCUT2D eigenvalue weighted by Gasteiger charge is 2.17. The van der Waals surface area contributed by atoms with Crippen LogP contribution in [0, 0.1) is 0 Å². The standard InChI is InChI=1S/C12H17BrN2O5S/c1-19-7-9(20-2)6-15-12(16)8-3-4-10(13)11(5-8)21(14,17)18/h3-5,9H,6-7H2,1-2H3,(H,15,16)(H2,14,17,18). The predicted octanol–water partition coefficient (Wildman–Crippen LogP) is 0.488. The average Bonchev–Trinajstić information content (AvgIpc) is 2.42. The molecule has 3 N–H and O–H groups in total. The molecule has 0 aliphatic heterocycles. The second-order valence-electron chi connectivity index (χ2n) is 4.21. The lowest BCUT2D eigenvalue weighted by molar-refractivity contribution is 0.0285. The van der Waals surface area contributed by atoms with Gasteiger partial charge in [0, 0.05) is 30.8 Å². The van der Waals surface area contributed by atoms with Crippen LogP contribution in [0.2, 0.25) is 0 Å². The number of benzene rings is 1. The minimum Gasteiger partial charge on any atom is -0.382 e. The van der Waals surface area contributed by atoms with Crippen LogP contribution in [0.15, 0.2) is 27.6 Å². The number of methoxy groups -OCH3 is 2. The van der Waals surface area contributed by atoms with Gasteiger partial charge in [-0.1, -0.05) is 0 Å². The van der Waals surface area contributed by atoms with Crippen molar-refractivity contribution in [3.8, 4) is 0 Å². The van der Waals surface area contributed by atoms with Crippen LogP contribution in [0.25, 0.3) is 0 Å². The topological polar surface area (TPSA) is 108 Å². The summed E-state index contributed by atoms with van der Waals surface area (Å²) in [6.45, 7) is 0.573. The zero-order valence-electron chi connectivity index (χ0n) is 11.6. The molecule has 9 heteroatoms. The van der Waals surface area contributed by atoms with Crippen molar-refractivity contribution in [2.24, 2.45) is 5.14 Å². The first kappa shape index (κ1) is 18.1. The minimum atomic E-state index is -3.91. The molecule has 1 unspecified atom stereocenters. The van der Waals surface area contributed by atoms with Gasteiger partial charge in [0.25, 0.3) is 5.91 Å². The maximum Gasteiger partial charge on any atom is 0.251 e. The fourth-order valence-electron chi connectivity index (χ4n) is 1.57. The lowest BCUT2D eigenvalue weighted by Crippen LogP contribution is -2.35. The van der Waals surface area contributed by atoms with E-state index in [0.29, 0.717) is 11.1 Å². The number of nitrogens with one attached hydrogen (secondary N) is 1. The second-order valence-corrected chi connectivity index (χ2v) is 6.60. The van der Waals surface area contributed by atoms with E-state index in [1.807, 2.05) is 0 Å². The van der Waals surface area contributed by atoms with E-state index < -0.39 is 15.9 Å². The Kier molecular flexibility index (Phi) is 6.75. The zero-order chi connectivity index (χ0) is 16.0. The molecule has 1 atom stereocenters. The maximum atomic E-state index is 12.0. The molecular weight excluding hydrogens is 364 g/mol. The van der Waals surface area contributed by atoms with Crippen molar-refractivity contribution in [1.29, 1.82) is 0 Å². The Balaban J connectivity index is 2.84. The van der Waals surface area contributed by atoms with E-state index in [-0.39, 0.29) is 23.1 Å². The van der Waals surface area contributed by atoms with Gasteiger partial charge in [-0.2, -0.15) is 0 Å². The molecule has 1 aromatic rings. The molecular formula is C12H17BrN2O5S. The summed E-state index contributed by atoms with van der Waals surface area (Å²) in [6, 6.07) is 4.16. The van der Waals surface area contributed by atoms with Crippen molar-refractivity contribution in [3.05, 3.63) is 28.2 Å². The summed E-state index contributed by atoms with van der Waals surface area (Å²) in [4.78, 5) is 11.9. The molecule has 0 radical (unpaired) electrons. The minimum absolute atomic E-state index is 0.143. The summed E-state index contributed by atoms with van der Waals surface area (Å²) < 4.78 is 33.2. The number of ether oxygens (including phenoxy) is 2. The molecule has 0 saturated heterocycles. The van der Waals surface area contributed by atoms with E-state index in [1.165, 1.54) is 32.4 Å². The number of carbonyl (C=O) groups excluding carboxylic acids is 1. The van der Waals surface area contributed by atoms with Gasteiger partial charge in [0.05, 0.1) is 17.6 Å². The van der Waals surface area contributed by atoms with Crippen LogP contribution >= 0.6 is 15.9 Å². The molecule has 0 aliphatic rings. The summed E-state index contributed by atoms with van der Waals surface area (Å²) in [5.74, 6) is -0.425. The van der Waals surface area contributed by atoms with Crippen LogP contribution in [0.4, 0.5) is 0 Å². The maximum absolute atomic E-state index is 12.0.